The molecule has 0 fully saturated rings. The summed E-state index contributed by atoms with van der Waals surface area (Å²) in [6, 6.07) is 10.5. The lowest BCUT2D eigenvalue weighted by Gasteiger charge is -2.17. The highest BCUT2D eigenvalue weighted by atomic mass is 15.1. The molecule has 20 heavy (non-hydrogen) atoms. The fraction of sp³-hybridized carbons (Fsp3) is 0.412. The third kappa shape index (κ3) is 4.42. The first kappa shape index (κ1) is 14.7. The molecule has 106 valence electrons. The minimum atomic E-state index is 0.483. The van der Waals surface area contributed by atoms with Crippen LogP contribution in [0.15, 0.2) is 42.7 Å². The molecule has 0 saturated carbocycles. The average Bonchev–Trinajstić information content (AvgIpc) is 2.46. The Balaban J connectivity index is 1.88. The molecular formula is C17H23N3. The summed E-state index contributed by atoms with van der Waals surface area (Å²) < 4.78 is 0. The van der Waals surface area contributed by atoms with Crippen molar-refractivity contribution in [2.45, 2.75) is 32.7 Å². The minimum Gasteiger partial charge on any atom is -0.300 e. The van der Waals surface area contributed by atoms with Gasteiger partial charge in [0.05, 0.1) is 5.69 Å². The molecule has 0 aliphatic heterocycles. The molecule has 0 radical (unpaired) electrons. The van der Waals surface area contributed by atoms with Crippen molar-refractivity contribution in [3.63, 3.8) is 0 Å². The van der Waals surface area contributed by atoms with Crippen LogP contribution in [0.25, 0.3) is 0 Å². The fourth-order valence-electron chi connectivity index (χ4n) is 2.13. The smallest absolute Gasteiger partial charge is 0.0547 e. The largest absolute Gasteiger partial charge is 0.300 e. The van der Waals surface area contributed by atoms with Gasteiger partial charge in [0.1, 0.15) is 0 Å². The maximum Gasteiger partial charge on any atom is 0.0547 e. The van der Waals surface area contributed by atoms with E-state index in [0.717, 1.165) is 25.2 Å². The fourth-order valence-corrected chi connectivity index (χ4v) is 2.13. The topological polar surface area (TPSA) is 29.0 Å². The Labute approximate surface area is 121 Å². The summed E-state index contributed by atoms with van der Waals surface area (Å²) in [6.07, 6.45) is 4.74. The molecule has 0 amide bonds. The van der Waals surface area contributed by atoms with Gasteiger partial charge in [0.2, 0.25) is 0 Å². The molecule has 0 N–H and O–H groups in total. The first-order valence-corrected chi connectivity index (χ1v) is 7.18. The van der Waals surface area contributed by atoms with E-state index in [1.807, 2.05) is 12.4 Å². The van der Waals surface area contributed by atoms with Crippen molar-refractivity contribution in [3.05, 3.63) is 59.7 Å². The second kappa shape index (κ2) is 7.15. The third-order valence-corrected chi connectivity index (χ3v) is 3.38. The van der Waals surface area contributed by atoms with E-state index in [4.69, 9.17) is 4.98 Å². The lowest BCUT2D eigenvalue weighted by molar-refractivity contribution is 0.326. The molecule has 0 aliphatic carbocycles. The molecule has 2 aromatic rings. The monoisotopic (exact) mass is 269 g/mol. The summed E-state index contributed by atoms with van der Waals surface area (Å²) in [5.41, 5.74) is 3.65. The summed E-state index contributed by atoms with van der Waals surface area (Å²) >= 11 is 0. The van der Waals surface area contributed by atoms with Crippen LogP contribution in [0.3, 0.4) is 0 Å². The van der Waals surface area contributed by atoms with Crippen molar-refractivity contribution >= 4 is 0 Å². The van der Waals surface area contributed by atoms with E-state index in [1.165, 1.54) is 11.3 Å². The number of hydrogen-bond donors (Lipinski definition) is 0. The normalized spacial score (nSPS) is 11.2. The molecule has 3 heteroatoms. The van der Waals surface area contributed by atoms with Crippen LogP contribution < -0.4 is 0 Å². The van der Waals surface area contributed by atoms with Gasteiger partial charge in [-0.2, -0.15) is 0 Å². The van der Waals surface area contributed by atoms with E-state index < -0.39 is 0 Å². The number of aromatic nitrogens is 2. The molecule has 2 aromatic heterocycles. The van der Waals surface area contributed by atoms with E-state index in [0.29, 0.717) is 5.92 Å². The zero-order valence-corrected chi connectivity index (χ0v) is 12.6. The SMILES string of the molecule is CC(C)c1cccc(CN(C)CCc2ccncc2)n1. The Bertz CT molecular complexity index is 523. The number of pyridine rings is 2. The van der Waals surface area contributed by atoms with Crippen molar-refractivity contribution in [2.24, 2.45) is 0 Å². The van der Waals surface area contributed by atoms with Crippen LogP contribution in [0.5, 0.6) is 0 Å². The van der Waals surface area contributed by atoms with E-state index in [2.05, 4.69) is 61.1 Å². The van der Waals surface area contributed by atoms with Gasteiger partial charge in [0.15, 0.2) is 0 Å². The van der Waals surface area contributed by atoms with Crippen LogP contribution in [0.2, 0.25) is 0 Å². The highest BCUT2D eigenvalue weighted by molar-refractivity contribution is 5.14. The third-order valence-electron chi connectivity index (χ3n) is 3.38. The zero-order valence-electron chi connectivity index (χ0n) is 12.6. The summed E-state index contributed by atoms with van der Waals surface area (Å²) in [4.78, 5) is 11.1. The van der Waals surface area contributed by atoms with Crippen LogP contribution in [0.4, 0.5) is 0 Å². The van der Waals surface area contributed by atoms with Gasteiger partial charge >= 0.3 is 0 Å². The van der Waals surface area contributed by atoms with Crippen molar-refractivity contribution < 1.29 is 0 Å². The number of nitrogens with zero attached hydrogens (tertiary/aromatic N) is 3. The van der Waals surface area contributed by atoms with Gasteiger partial charge < -0.3 is 4.90 Å². The molecule has 0 aromatic carbocycles. The van der Waals surface area contributed by atoms with Crippen molar-refractivity contribution in [2.75, 3.05) is 13.6 Å². The first-order valence-electron chi connectivity index (χ1n) is 7.18. The Kier molecular flexibility index (Phi) is 5.24. The van der Waals surface area contributed by atoms with Crippen molar-refractivity contribution in [3.8, 4) is 0 Å². The molecule has 0 spiro atoms. The van der Waals surface area contributed by atoms with E-state index in [-0.39, 0.29) is 0 Å². The molecule has 2 rings (SSSR count). The lowest BCUT2D eigenvalue weighted by Crippen LogP contribution is -2.21. The lowest BCUT2D eigenvalue weighted by atomic mass is 10.1. The predicted molar refractivity (Wildman–Crippen MR) is 82.6 cm³/mol. The second-order valence-corrected chi connectivity index (χ2v) is 5.55. The summed E-state index contributed by atoms with van der Waals surface area (Å²) in [7, 11) is 2.14. The van der Waals surface area contributed by atoms with Crippen LogP contribution in [-0.4, -0.2) is 28.5 Å². The zero-order chi connectivity index (χ0) is 14.4. The van der Waals surface area contributed by atoms with Crippen LogP contribution in [0.1, 0.15) is 36.7 Å². The van der Waals surface area contributed by atoms with Gasteiger partial charge in [0, 0.05) is 31.2 Å². The quantitative estimate of drug-likeness (QED) is 0.806. The van der Waals surface area contributed by atoms with Gasteiger partial charge in [-0.1, -0.05) is 19.9 Å². The van der Waals surface area contributed by atoms with E-state index in [9.17, 15) is 0 Å². The van der Waals surface area contributed by atoms with E-state index in [1.54, 1.807) is 0 Å². The first-order chi connectivity index (χ1) is 9.65. The van der Waals surface area contributed by atoms with Gasteiger partial charge in [-0.3, -0.25) is 9.97 Å². The molecule has 2 heterocycles. The predicted octanol–water partition coefficient (Wildman–Crippen LogP) is 3.27. The Hall–Kier alpha value is -1.74. The maximum absolute atomic E-state index is 4.72. The van der Waals surface area contributed by atoms with Crippen LogP contribution >= 0.6 is 0 Å². The van der Waals surface area contributed by atoms with Gasteiger partial charge in [-0.05, 0) is 49.2 Å². The van der Waals surface area contributed by atoms with Crippen LogP contribution in [-0.2, 0) is 13.0 Å². The molecule has 0 bridgehead atoms. The molecule has 0 atom stereocenters. The van der Waals surface area contributed by atoms with Crippen molar-refractivity contribution in [1.29, 1.82) is 0 Å². The highest BCUT2D eigenvalue weighted by Crippen LogP contribution is 2.12. The minimum absolute atomic E-state index is 0.483. The number of rotatable bonds is 6. The molecule has 0 saturated heterocycles. The Morgan fingerprint density at radius 2 is 1.85 bits per heavy atom. The van der Waals surface area contributed by atoms with E-state index >= 15 is 0 Å². The standard InChI is InChI=1S/C17H23N3/c1-14(2)17-6-4-5-16(19-17)13-20(3)12-9-15-7-10-18-11-8-15/h4-8,10-11,14H,9,12-13H2,1-3H3. The van der Waals surface area contributed by atoms with Gasteiger partial charge in [0.25, 0.3) is 0 Å². The summed E-state index contributed by atoms with van der Waals surface area (Å²) in [5.74, 6) is 0.483. The Morgan fingerprint density at radius 3 is 2.55 bits per heavy atom. The number of likely N-dealkylation sites (N-methyl/N-ethyl adjacent to an activating group) is 1. The molecule has 0 aliphatic rings. The average molecular weight is 269 g/mol. The molecule has 0 unspecified atom stereocenters. The molecular weight excluding hydrogens is 246 g/mol. The van der Waals surface area contributed by atoms with Crippen molar-refractivity contribution in [1.82, 2.24) is 14.9 Å². The summed E-state index contributed by atoms with van der Waals surface area (Å²) in [6.45, 7) is 6.28. The van der Waals surface area contributed by atoms with Gasteiger partial charge in [-0.25, -0.2) is 0 Å². The van der Waals surface area contributed by atoms with Gasteiger partial charge in [-0.15, -0.1) is 0 Å². The Morgan fingerprint density at radius 1 is 1.10 bits per heavy atom. The summed E-state index contributed by atoms with van der Waals surface area (Å²) in [5, 5.41) is 0. The highest BCUT2D eigenvalue weighted by Gasteiger charge is 2.05. The van der Waals surface area contributed by atoms with Crippen LogP contribution in [0, 0.1) is 0 Å². The molecule has 3 nitrogen and oxygen atoms in total. The number of hydrogen-bond acceptors (Lipinski definition) is 3. The maximum atomic E-state index is 4.72. The second-order valence-electron chi connectivity index (χ2n) is 5.55.